The number of hydrogen-bond donors (Lipinski definition) is 0. The molecule has 5 rings (SSSR count). The van der Waals surface area contributed by atoms with Crippen LogP contribution in [0.15, 0.2) is 53.0 Å². The van der Waals surface area contributed by atoms with E-state index >= 15 is 0 Å². The van der Waals surface area contributed by atoms with E-state index in [1.54, 1.807) is 0 Å². The minimum Gasteiger partial charge on any atom is -0.360 e. The molecule has 0 unspecified atom stereocenters. The van der Waals surface area contributed by atoms with E-state index in [0.717, 1.165) is 22.3 Å². The summed E-state index contributed by atoms with van der Waals surface area (Å²) < 4.78 is 1.07. The summed E-state index contributed by atoms with van der Waals surface area (Å²) in [7, 11) is 0. The van der Waals surface area contributed by atoms with Crippen LogP contribution in [0, 0.1) is 5.92 Å². The van der Waals surface area contributed by atoms with Crippen LogP contribution in [0.2, 0.25) is 5.02 Å². The number of carbonyl (C=O) groups excluding carboxylic acids is 1. The predicted molar refractivity (Wildman–Crippen MR) is 97.0 cm³/mol. The molecule has 2 saturated heterocycles. The van der Waals surface area contributed by atoms with E-state index in [-0.39, 0.29) is 12.0 Å². The van der Waals surface area contributed by atoms with Crippen LogP contribution < -0.4 is 4.90 Å². The van der Waals surface area contributed by atoms with Gasteiger partial charge < -0.3 is 4.90 Å². The number of halogens is 2. The van der Waals surface area contributed by atoms with Crippen molar-refractivity contribution in [3.8, 4) is 0 Å². The van der Waals surface area contributed by atoms with Crippen molar-refractivity contribution in [1.29, 1.82) is 0 Å². The molecule has 23 heavy (non-hydrogen) atoms. The van der Waals surface area contributed by atoms with Gasteiger partial charge in [-0.3, -0.25) is 4.79 Å². The van der Waals surface area contributed by atoms with Crippen LogP contribution in [0.5, 0.6) is 0 Å². The maximum Gasteiger partial charge on any atom is 0.140 e. The van der Waals surface area contributed by atoms with Crippen LogP contribution >= 0.6 is 27.5 Å². The molecule has 2 aliphatic heterocycles. The van der Waals surface area contributed by atoms with Crippen LogP contribution in [0.1, 0.15) is 30.9 Å². The van der Waals surface area contributed by atoms with Crippen LogP contribution in [-0.2, 0) is 4.79 Å². The zero-order valence-electron chi connectivity index (χ0n) is 12.6. The molecule has 2 heterocycles. The first-order valence-electron chi connectivity index (χ1n) is 7.95. The number of hydrogen-bond acceptors (Lipinski definition) is 2. The van der Waals surface area contributed by atoms with E-state index in [1.807, 2.05) is 12.1 Å². The lowest BCUT2D eigenvalue weighted by molar-refractivity contribution is -0.128. The van der Waals surface area contributed by atoms with Gasteiger partial charge in [0.05, 0.1) is 6.04 Å². The number of anilines is 1. The molecular formula is C19H17BrClNO. The molecule has 0 aromatic heterocycles. The quantitative estimate of drug-likeness (QED) is 0.684. The lowest BCUT2D eigenvalue weighted by atomic mass is 9.71. The highest BCUT2D eigenvalue weighted by atomic mass is 79.9. The SMILES string of the molecule is O=C1C[C@H]2CC[C@@H]1[C@@H](c1ccc(Cl)cc1)N2c1ccc(Br)cc1. The molecule has 118 valence electrons. The number of rotatable bonds is 2. The molecule has 0 spiro atoms. The molecule has 3 fully saturated rings. The second kappa shape index (κ2) is 5.95. The number of Topliss-reactive ketones (excluding diaryl/α,β-unsaturated/α-hetero) is 1. The van der Waals surface area contributed by atoms with Gasteiger partial charge in [0.2, 0.25) is 0 Å². The number of carbonyl (C=O) groups is 1. The standard InChI is InChI=1S/C19H17BrClNO/c20-13-3-7-15(8-4-13)22-16-9-10-17(18(23)11-16)19(22)12-1-5-14(21)6-2-12/h1-8,16-17,19H,9-11H2/t16-,17+,19-/m1/s1. The summed E-state index contributed by atoms with van der Waals surface area (Å²) in [6.45, 7) is 0. The number of nitrogens with zero attached hydrogens (tertiary/aromatic N) is 1. The molecule has 3 atom stereocenters. The van der Waals surface area contributed by atoms with Crippen molar-refractivity contribution >= 4 is 39.0 Å². The monoisotopic (exact) mass is 389 g/mol. The molecule has 1 saturated carbocycles. The molecular weight excluding hydrogens is 374 g/mol. The van der Waals surface area contributed by atoms with Crippen LogP contribution in [-0.4, -0.2) is 11.8 Å². The summed E-state index contributed by atoms with van der Waals surface area (Å²) in [5, 5.41) is 0.733. The molecule has 3 aliphatic rings. The Bertz CT molecular complexity index is 728. The number of piperidine rings is 2. The number of benzene rings is 2. The third kappa shape index (κ3) is 2.70. The van der Waals surface area contributed by atoms with Crippen LogP contribution in [0.25, 0.3) is 0 Å². The summed E-state index contributed by atoms with van der Waals surface area (Å²) in [6.07, 6.45) is 2.76. The summed E-state index contributed by atoms with van der Waals surface area (Å²) >= 11 is 9.54. The Morgan fingerprint density at radius 2 is 1.70 bits per heavy atom. The Kier molecular flexibility index (Phi) is 3.94. The minimum atomic E-state index is 0.0878. The summed E-state index contributed by atoms with van der Waals surface area (Å²) in [4.78, 5) is 14.9. The third-order valence-corrected chi connectivity index (χ3v) is 5.85. The van der Waals surface area contributed by atoms with E-state index < -0.39 is 0 Å². The highest BCUT2D eigenvalue weighted by molar-refractivity contribution is 9.10. The molecule has 4 heteroatoms. The van der Waals surface area contributed by atoms with E-state index in [9.17, 15) is 4.79 Å². The predicted octanol–water partition coefficient (Wildman–Crippen LogP) is 5.40. The molecule has 0 radical (unpaired) electrons. The molecule has 0 amide bonds. The topological polar surface area (TPSA) is 20.3 Å². The van der Waals surface area contributed by atoms with E-state index in [1.165, 1.54) is 11.3 Å². The molecule has 1 aliphatic carbocycles. The van der Waals surface area contributed by atoms with Gasteiger partial charge >= 0.3 is 0 Å². The Hall–Kier alpha value is -1.32. The van der Waals surface area contributed by atoms with Gasteiger partial charge in [0, 0.05) is 33.6 Å². The van der Waals surface area contributed by atoms with Crippen molar-refractivity contribution < 1.29 is 4.79 Å². The van der Waals surface area contributed by atoms with Gasteiger partial charge in [0.15, 0.2) is 0 Å². The highest BCUT2D eigenvalue weighted by Crippen LogP contribution is 2.48. The zero-order valence-corrected chi connectivity index (χ0v) is 14.9. The molecule has 2 bridgehead atoms. The minimum absolute atomic E-state index is 0.0878. The molecule has 2 aromatic carbocycles. The van der Waals surface area contributed by atoms with Crippen LogP contribution in [0.3, 0.4) is 0 Å². The fraction of sp³-hybridized carbons (Fsp3) is 0.316. The zero-order chi connectivity index (χ0) is 16.0. The Morgan fingerprint density at radius 3 is 2.35 bits per heavy atom. The largest absolute Gasteiger partial charge is 0.360 e. The number of ketones is 1. The lowest BCUT2D eigenvalue weighted by Gasteiger charge is -2.52. The Balaban J connectivity index is 1.79. The first-order chi connectivity index (χ1) is 11.1. The molecule has 2 nitrogen and oxygen atoms in total. The van der Waals surface area contributed by atoms with Crippen molar-refractivity contribution in [2.75, 3.05) is 4.90 Å². The van der Waals surface area contributed by atoms with Gasteiger partial charge in [-0.1, -0.05) is 39.7 Å². The van der Waals surface area contributed by atoms with Crippen molar-refractivity contribution in [2.24, 2.45) is 5.92 Å². The summed E-state index contributed by atoms with van der Waals surface area (Å²) in [6, 6.07) is 16.8. The average molecular weight is 391 g/mol. The molecule has 0 N–H and O–H groups in total. The highest BCUT2D eigenvalue weighted by Gasteiger charge is 2.47. The second-order valence-corrected chi connectivity index (χ2v) is 7.74. The van der Waals surface area contributed by atoms with Crippen molar-refractivity contribution in [2.45, 2.75) is 31.3 Å². The fourth-order valence-corrected chi connectivity index (χ4v) is 4.44. The molecule has 2 aromatic rings. The van der Waals surface area contributed by atoms with Gasteiger partial charge in [-0.05, 0) is 54.8 Å². The normalized spacial score (nSPS) is 26.6. The van der Waals surface area contributed by atoms with Gasteiger partial charge in [0.25, 0.3) is 0 Å². The van der Waals surface area contributed by atoms with Crippen LogP contribution in [0.4, 0.5) is 5.69 Å². The van der Waals surface area contributed by atoms with Crippen molar-refractivity contribution in [1.82, 2.24) is 0 Å². The van der Waals surface area contributed by atoms with E-state index in [4.69, 9.17) is 11.6 Å². The Morgan fingerprint density at radius 1 is 1.00 bits per heavy atom. The van der Waals surface area contributed by atoms with Gasteiger partial charge in [-0.2, -0.15) is 0 Å². The smallest absolute Gasteiger partial charge is 0.140 e. The van der Waals surface area contributed by atoms with Gasteiger partial charge in [-0.25, -0.2) is 0 Å². The van der Waals surface area contributed by atoms with E-state index in [2.05, 4.69) is 57.2 Å². The maximum absolute atomic E-state index is 12.5. The van der Waals surface area contributed by atoms with Gasteiger partial charge in [0.1, 0.15) is 5.78 Å². The van der Waals surface area contributed by atoms with Crippen molar-refractivity contribution in [3.63, 3.8) is 0 Å². The lowest BCUT2D eigenvalue weighted by Crippen LogP contribution is -2.54. The fourth-order valence-electron chi connectivity index (χ4n) is 4.05. The summed E-state index contributed by atoms with van der Waals surface area (Å²) in [5.41, 5.74) is 2.37. The number of fused-ring (bicyclic) bond motifs is 3. The maximum atomic E-state index is 12.5. The summed E-state index contributed by atoms with van der Waals surface area (Å²) in [5.74, 6) is 0.499. The first-order valence-corrected chi connectivity index (χ1v) is 9.12. The van der Waals surface area contributed by atoms with E-state index in [0.29, 0.717) is 18.2 Å². The Labute approximate surface area is 149 Å². The third-order valence-electron chi connectivity index (χ3n) is 5.07. The van der Waals surface area contributed by atoms with Crippen molar-refractivity contribution in [3.05, 3.63) is 63.6 Å². The second-order valence-electron chi connectivity index (χ2n) is 6.39. The first kappa shape index (κ1) is 15.2. The average Bonchev–Trinajstić information content (AvgIpc) is 2.56. The van der Waals surface area contributed by atoms with Gasteiger partial charge in [-0.15, -0.1) is 0 Å².